The first-order valence-corrected chi connectivity index (χ1v) is 8.86. The van der Waals surface area contributed by atoms with E-state index in [0.29, 0.717) is 5.69 Å². The first kappa shape index (κ1) is 16.7. The van der Waals surface area contributed by atoms with Crippen LogP contribution in [0.5, 0.6) is 0 Å². The lowest BCUT2D eigenvalue weighted by atomic mass is 10.2. The average molecular weight is 327 g/mol. The summed E-state index contributed by atoms with van der Waals surface area (Å²) >= 11 is 0. The molecule has 1 aliphatic rings. The number of amides is 1. The highest BCUT2D eigenvalue weighted by Gasteiger charge is 2.36. The molecule has 0 spiro atoms. The maximum Gasteiger partial charge on any atom is 0.407 e. The maximum atomic E-state index is 11.9. The zero-order valence-corrected chi connectivity index (χ0v) is 13.8. The minimum atomic E-state index is -3.15. The second-order valence-corrected chi connectivity index (χ2v) is 8.61. The molecule has 22 heavy (non-hydrogen) atoms. The lowest BCUT2D eigenvalue weighted by Gasteiger charge is -2.19. The molecular weight excluding hydrogens is 306 g/mol. The fourth-order valence-electron chi connectivity index (χ4n) is 1.81. The number of nitrogens with zero attached hydrogens (tertiary/aromatic N) is 2. The molecule has 0 saturated heterocycles. The van der Waals surface area contributed by atoms with E-state index in [1.165, 1.54) is 6.20 Å². The van der Waals surface area contributed by atoms with Crippen LogP contribution in [0.3, 0.4) is 0 Å². The van der Waals surface area contributed by atoms with Crippen LogP contribution in [0, 0.1) is 0 Å². The van der Waals surface area contributed by atoms with Gasteiger partial charge in [-0.15, -0.1) is 0 Å². The number of hydrogen-bond donors (Lipinski definition) is 1. The summed E-state index contributed by atoms with van der Waals surface area (Å²) in [5.41, 5.74) is -0.0268. The van der Waals surface area contributed by atoms with Gasteiger partial charge in [-0.25, -0.2) is 23.2 Å². The average Bonchev–Trinajstić information content (AvgIpc) is 3.18. The number of carbonyl (C=O) groups is 1. The Balaban J connectivity index is 1.93. The van der Waals surface area contributed by atoms with Crippen molar-refractivity contribution in [1.29, 1.82) is 0 Å². The van der Waals surface area contributed by atoms with Crippen molar-refractivity contribution in [2.75, 3.05) is 0 Å². The smallest absolute Gasteiger partial charge is 0.407 e. The summed E-state index contributed by atoms with van der Waals surface area (Å²) in [7, 11) is -3.15. The molecule has 2 rings (SSSR count). The molecule has 1 fully saturated rings. The highest BCUT2D eigenvalue weighted by atomic mass is 32.2. The maximum absolute atomic E-state index is 11.9. The molecular formula is C14H21N3O4S. The number of nitrogens with one attached hydrogen (secondary N) is 1. The van der Waals surface area contributed by atoms with Gasteiger partial charge in [-0.05, 0) is 39.7 Å². The summed E-state index contributed by atoms with van der Waals surface area (Å²) in [6.07, 6.45) is 2.40. The zero-order chi connectivity index (χ0) is 16.4. The largest absolute Gasteiger partial charge is 0.444 e. The van der Waals surface area contributed by atoms with Crippen LogP contribution < -0.4 is 5.32 Å². The van der Waals surface area contributed by atoms with Gasteiger partial charge < -0.3 is 10.1 Å². The van der Waals surface area contributed by atoms with Crippen molar-refractivity contribution in [2.45, 2.75) is 56.8 Å². The van der Waals surface area contributed by atoms with Gasteiger partial charge in [0.15, 0.2) is 9.84 Å². The van der Waals surface area contributed by atoms with Crippen LogP contribution in [0.25, 0.3) is 0 Å². The van der Waals surface area contributed by atoms with Crippen LogP contribution in [0.4, 0.5) is 4.79 Å². The Morgan fingerprint density at radius 1 is 1.41 bits per heavy atom. The molecule has 0 aliphatic heterocycles. The molecule has 1 saturated carbocycles. The van der Waals surface area contributed by atoms with E-state index in [-0.39, 0.29) is 23.4 Å². The van der Waals surface area contributed by atoms with Gasteiger partial charge in [-0.3, -0.25) is 0 Å². The van der Waals surface area contributed by atoms with Crippen molar-refractivity contribution < 1.29 is 17.9 Å². The quantitative estimate of drug-likeness (QED) is 0.881. The zero-order valence-electron chi connectivity index (χ0n) is 13.0. The second-order valence-electron chi connectivity index (χ2n) is 6.33. The van der Waals surface area contributed by atoms with Gasteiger partial charge in [-0.1, -0.05) is 0 Å². The normalized spacial score (nSPS) is 15.4. The predicted octanol–water partition coefficient (Wildman–Crippen LogP) is 1.58. The Labute approximate surface area is 130 Å². The highest BCUT2D eigenvalue weighted by molar-refractivity contribution is 7.91. The predicted molar refractivity (Wildman–Crippen MR) is 80.8 cm³/mol. The molecule has 1 heterocycles. The van der Waals surface area contributed by atoms with Crippen molar-refractivity contribution in [3.63, 3.8) is 0 Å². The third-order valence-corrected chi connectivity index (χ3v) is 5.09. The lowest BCUT2D eigenvalue weighted by molar-refractivity contribution is 0.0523. The summed E-state index contributed by atoms with van der Waals surface area (Å²) in [6, 6.07) is 1.63. The second kappa shape index (κ2) is 6.20. The summed E-state index contributed by atoms with van der Waals surface area (Å²) in [6.45, 7) is 5.49. The Kier molecular flexibility index (Phi) is 4.69. The van der Waals surface area contributed by atoms with Gasteiger partial charge in [0.05, 0.1) is 17.5 Å². The molecule has 7 nitrogen and oxygen atoms in total. The fourth-order valence-corrected chi connectivity index (χ4v) is 3.40. The van der Waals surface area contributed by atoms with E-state index in [0.717, 1.165) is 12.8 Å². The van der Waals surface area contributed by atoms with E-state index >= 15 is 0 Å². The Morgan fingerprint density at radius 2 is 2.09 bits per heavy atom. The van der Waals surface area contributed by atoms with Gasteiger partial charge in [0.1, 0.15) is 17.2 Å². The molecule has 1 amide bonds. The van der Waals surface area contributed by atoms with E-state index in [2.05, 4.69) is 15.3 Å². The Morgan fingerprint density at radius 3 is 2.68 bits per heavy atom. The number of carbonyl (C=O) groups excluding carboxylic acids is 1. The van der Waals surface area contributed by atoms with E-state index in [9.17, 15) is 13.2 Å². The van der Waals surface area contributed by atoms with Crippen molar-refractivity contribution >= 4 is 15.9 Å². The molecule has 1 aliphatic carbocycles. The number of sulfone groups is 1. The van der Waals surface area contributed by atoms with Crippen molar-refractivity contribution in [1.82, 2.24) is 15.3 Å². The van der Waals surface area contributed by atoms with Crippen LogP contribution in [0.15, 0.2) is 12.3 Å². The van der Waals surface area contributed by atoms with Gasteiger partial charge in [0, 0.05) is 6.20 Å². The van der Waals surface area contributed by atoms with E-state index in [4.69, 9.17) is 4.74 Å². The molecule has 122 valence electrons. The van der Waals surface area contributed by atoms with E-state index < -0.39 is 21.5 Å². The van der Waals surface area contributed by atoms with Gasteiger partial charge in [-0.2, -0.15) is 0 Å². The van der Waals surface area contributed by atoms with Gasteiger partial charge in [0.25, 0.3) is 0 Å². The molecule has 0 radical (unpaired) electrons. The monoisotopic (exact) mass is 327 g/mol. The molecule has 0 bridgehead atoms. The standard InChI is InChI=1S/C14H21N3O4S/c1-14(2,3)21-13(18)16-8-10-6-7-15-12(17-10)9-22(19,20)11-4-5-11/h6-7,11H,4-5,8-9H2,1-3H3,(H,16,18). The number of alkyl carbamates (subject to hydrolysis) is 1. The summed E-state index contributed by atoms with van der Waals surface area (Å²) in [4.78, 5) is 19.7. The number of rotatable bonds is 5. The molecule has 8 heteroatoms. The molecule has 0 aromatic carbocycles. The fraction of sp³-hybridized carbons (Fsp3) is 0.643. The van der Waals surface area contributed by atoms with E-state index in [1.54, 1.807) is 26.8 Å². The van der Waals surface area contributed by atoms with Gasteiger partial charge in [0.2, 0.25) is 0 Å². The van der Waals surface area contributed by atoms with Crippen LogP contribution >= 0.6 is 0 Å². The van der Waals surface area contributed by atoms with Crippen LogP contribution in [0.1, 0.15) is 45.1 Å². The summed E-state index contributed by atoms with van der Waals surface area (Å²) in [5, 5.41) is 2.34. The number of aromatic nitrogens is 2. The minimum Gasteiger partial charge on any atom is -0.444 e. The molecule has 1 aromatic heterocycles. The number of ether oxygens (including phenoxy) is 1. The molecule has 0 atom stereocenters. The van der Waals surface area contributed by atoms with Crippen LogP contribution in [0.2, 0.25) is 0 Å². The Hall–Kier alpha value is -1.70. The van der Waals surface area contributed by atoms with E-state index in [1.807, 2.05) is 0 Å². The van der Waals surface area contributed by atoms with Crippen LogP contribution in [-0.4, -0.2) is 35.3 Å². The minimum absolute atomic E-state index is 0.155. The highest BCUT2D eigenvalue weighted by Crippen LogP contribution is 2.30. The van der Waals surface area contributed by atoms with Crippen LogP contribution in [-0.2, 0) is 26.9 Å². The molecule has 1 aromatic rings. The summed E-state index contributed by atoms with van der Waals surface area (Å²) in [5.74, 6) is 0.105. The first-order valence-electron chi connectivity index (χ1n) is 7.15. The van der Waals surface area contributed by atoms with Crippen molar-refractivity contribution in [2.24, 2.45) is 0 Å². The SMILES string of the molecule is CC(C)(C)OC(=O)NCc1ccnc(CS(=O)(=O)C2CC2)n1. The topological polar surface area (TPSA) is 98.2 Å². The first-order chi connectivity index (χ1) is 10.2. The van der Waals surface area contributed by atoms with Crippen molar-refractivity contribution in [3.8, 4) is 0 Å². The third-order valence-electron chi connectivity index (χ3n) is 2.94. The van der Waals surface area contributed by atoms with Crippen molar-refractivity contribution in [3.05, 3.63) is 23.8 Å². The van der Waals surface area contributed by atoms with Gasteiger partial charge >= 0.3 is 6.09 Å². The lowest BCUT2D eigenvalue weighted by Crippen LogP contribution is -2.32. The molecule has 1 N–H and O–H groups in total. The number of hydrogen-bond acceptors (Lipinski definition) is 6. The third kappa shape index (κ3) is 5.25. The summed E-state index contributed by atoms with van der Waals surface area (Å²) < 4.78 is 29.0. The molecule has 0 unspecified atom stereocenters. The Bertz CT molecular complexity index is 648.